The highest BCUT2D eigenvalue weighted by atomic mass is 19.1. The summed E-state index contributed by atoms with van der Waals surface area (Å²) < 4.78 is 14.1. The van der Waals surface area contributed by atoms with Crippen molar-refractivity contribution >= 4 is 5.82 Å². The number of alkyl halides is 1. The third-order valence-electron chi connectivity index (χ3n) is 5.17. The maximum Gasteiger partial charge on any atom is 0.143 e. The van der Waals surface area contributed by atoms with E-state index in [1.165, 1.54) is 25.7 Å². The van der Waals surface area contributed by atoms with E-state index in [4.69, 9.17) is 0 Å². The van der Waals surface area contributed by atoms with Gasteiger partial charge in [-0.1, -0.05) is 20.8 Å². The van der Waals surface area contributed by atoms with Gasteiger partial charge >= 0.3 is 0 Å². The predicted molar refractivity (Wildman–Crippen MR) is 91.6 cm³/mol. The van der Waals surface area contributed by atoms with Crippen molar-refractivity contribution in [1.29, 1.82) is 0 Å². The van der Waals surface area contributed by atoms with Gasteiger partial charge in [-0.15, -0.1) is 0 Å². The Morgan fingerprint density at radius 3 is 2.65 bits per heavy atom. The lowest BCUT2D eigenvalue weighted by molar-refractivity contribution is 0.248. The topological polar surface area (TPSA) is 32.3 Å². The summed E-state index contributed by atoms with van der Waals surface area (Å²) >= 11 is 0. The van der Waals surface area contributed by atoms with Crippen LogP contribution in [0.25, 0.3) is 0 Å². The molecule has 0 N–H and O–H groups in total. The first-order chi connectivity index (χ1) is 11.1. The molecule has 1 aromatic heterocycles. The summed E-state index contributed by atoms with van der Waals surface area (Å²) in [5, 5.41) is 0. The number of aromatic nitrogens is 2. The monoisotopic (exact) mass is 320 g/mol. The van der Waals surface area contributed by atoms with Crippen molar-refractivity contribution in [3.8, 4) is 0 Å². The standard InChI is InChI=1S/C18H29FN4/c1-13(2)5-4-6-22-7-9-23(10-8-22)18-16-14(3)11-15(19)17(16)20-12-21-18/h12-15H,4-11H2,1-3H3/t14-,15-/m1/s1. The van der Waals surface area contributed by atoms with Gasteiger partial charge in [-0.3, -0.25) is 4.90 Å². The number of nitrogens with zero attached hydrogens (tertiary/aromatic N) is 4. The third-order valence-corrected chi connectivity index (χ3v) is 5.17. The molecular weight excluding hydrogens is 291 g/mol. The van der Waals surface area contributed by atoms with Crippen LogP contribution in [0.2, 0.25) is 0 Å². The molecule has 2 aliphatic rings. The molecule has 1 fully saturated rings. The molecule has 1 aliphatic heterocycles. The van der Waals surface area contributed by atoms with Gasteiger partial charge in [0.2, 0.25) is 0 Å². The summed E-state index contributed by atoms with van der Waals surface area (Å²) in [6.07, 6.45) is 3.75. The van der Waals surface area contributed by atoms with Gasteiger partial charge in [0.25, 0.3) is 0 Å². The molecule has 2 atom stereocenters. The zero-order chi connectivity index (χ0) is 16.4. The Hall–Kier alpha value is -1.23. The second-order valence-corrected chi connectivity index (χ2v) is 7.47. The second kappa shape index (κ2) is 7.12. The van der Waals surface area contributed by atoms with Crippen LogP contribution in [-0.4, -0.2) is 47.6 Å². The molecular formula is C18H29FN4. The predicted octanol–water partition coefficient (Wildman–Crippen LogP) is 3.55. The van der Waals surface area contributed by atoms with Gasteiger partial charge in [0.1, 0.15) is 18.3 Å². The Kier molecular flexibility index (Phi) is 5.14. The van der Waals surface area contributed by atoms with Crippen LogP contribution in [0.5, 0.6) is 0 Å². The summed E-state index contributed by atoms with van der Waals surface area (Å²) in [6, 6.07) is 0. The highest BCUT2D eigenvalue weighted by molar-refractivity contribution is 5.53. The SMILES string of the molecule is CC(C)CCCN1CCN(c2ncnc3c2[C@H](C)C[C@H]3F)CC1. The van der Waals surface area contributed by atoms with Crippen molar-refractivity contribution in [2.45, 2.75) is 52.1 Å². The van der Waals surface area contributed by atoms with Crippen LogP contribution in [0.4, 0.5) is 10.2 Å². The first kappa shape index (κ1) is 16.6. The summed E-state index contributed by atoms with van der Waals surface area (Å²) in [6.45, 7) is 12.0. The van der Waals surface area contributed by atoms with Crippen LogP contribution in [0.1, 0.15) is 63.4 Å². The van der Waals surface area contributed by atoms with Crippen LogP contribution < -0.4 is 4.90 Å². The van der Waals surface area contributed by atoms with Gasteiger partial charge < -0.3 is 4.90 Å². The fourth-order valence-corrected chi connectivity index (χ4v) is 3.82. The summed E-state index contributed by atoms with van der Waals surface area (Å²) in [5.41, 5.74) is 1.68. The van der Waals surface area contributed by atoms with E-state index in [0.717, 1.165) is 43.5 Å². The number of rotatable bonds is 5. The minimum absolute atomic E-state index is 0.222. The van der Waals surface area contributed by atoms with Gasteiger partial charge in [-0.25, -0.2) is 14.4 Å². The zero-order valence-electron chi connectivity index (χ0n) is 14.6. The van der Waals surface area contributed by atoms with E-state index in [1.807, 2.05) is 0 Å². The lowest BCUT2D eigenvalue weighted by Crippen LogP contribution is -2.47. The van der Waals surface area contributed by atoms with Crippen LogP contribution in [0.15, 0.2) is 6.33 Å². The van der Waals surface area contributed by atoms with Crippen molar-refractivity contribution in [2.75, 3.05) is 37.6 Å². The average Bonchev–Trinajstić information content (AvgIpc) is 2.83. The summed E-state index contributed by atoms with van der Waals surface area (Å²) in [7, 11) is 0. The Morgan fingerprint density at radius 1 is 1.22 bits per heavy atom. The Labute approximate surface area is 139 Å². The van der Waals surface area contributed by atoms with E-state index < -0.39 is 6.17 Å². The molecule has 0 radical (unpaired) electrons. The van der Waals surface area contributed by atoms with E-state index in [-0.39, 0.29) is 5.92 Å². The molecule has 0 aromatic carbocycles. The van der Waals surface area contributed by atoms with Crippen LogP contribution >= 0.6 is 0 Å². The van der Waals surface area contributed by atoms with Gasteiger partial charge in [-0.05, 0) is 37.6 Å². The first-order valence-corrected chi connectivity index (χ1v) is 9.02. The molecule has 23 heavy (non-hydrogen) atoms. The lowest BCUT2D eigenvalue weighted by atomic mass is 10.1. The highest BCUT2D eigenvalue weighted by Crippen LogP contribution is 2.44. The van der Waals surface area contributed by atoms with Gasteiger partial charge in [0, 0.05) is 31.7 Å². The van der Waals surface area contributed by atoms with Gasteiger partial charge in [0.15, 0.2) is 0 Å². The zero-order valence-corrected chi connectivity index (χ0v) is 14.6. The lowest BCUT2D eigenvalue weighted by Gasteiger charge is -2.36. The molecule has 128 valence electrons. The second-order valence-electron chi connectivity index (χ2n) is 7.47. The van der Waals surface area contributed by atoms with Crippen LogP contribution in [0, 0.1) is 5.92 Å². The molecule has 0 unspecified atom stereocenters. The fraction of sp³-hybridized carbons (Fsp3) is 0.778. The molecule has 0 saturated carbocycles. The largest absolute Gasteiger partial charge is 0.354 e. The third kappa shape index (κ3) is 3.65. The number of fused-ring (bicyclic) bond motifs is 1. The molecule has 0 amide bonds. The smallest absolute Gasteiger partial charge is 0.143 e. The summed E-state index contributed by atoms with van der Waals surface area (Å²) in [4.78, 5) is 13.6. The first-order valence-electron chi connectivity index (χ1n) is 9.02. The molecule has 1 aliphatic carbocycles. The minimum Gasteiger partial charge on any atom is -0.354 e. The van der Waals surface area contributed by atoms with E-state index in [9.17, 15) is 4.39 Å². The van der Waals surface area contributed by atoms with Crippen molar-refractivity contribution in [3.63, 3.8) is 0 Å². The average molecular weight is 320 g/mol. The molecule has 4 nitrogen and oxygen atoms in total. The minimum atomic E-state index is -0.918. The molecule has 0 bridgehead atoms. The van der Waals surface area contributed by atoms with E-state index >= 15 is 0 Å². The quantitative estimate of drug-likeness (QED) is 0.830. The number of halogens is 1. The van der Waals surface area contributed by atoms with E-state index in [2.05, 4.69) is 40.5 Å². The molecule has 2 heterocycles. The number of anilines is 1. The number of hydrogen-bond acceptors (Lipinski definition) is 4. The van der Waals surface area contributed by atoms with Crippen LogP contribution in [-0.2, 0) is 0 Å². The molecule has 3 rings (SSSR count). The summed E-state index contributed by atoms with van der Waals surface area (Å²) in [5.74, 6) is 1.99. The van der Waals surface area contributed by atoms with E-state index in [1.54, 1.807) is 0 Å². The maximum atomic E-state index is 14.1. The van der Waals surface area contributed by atoms with E-state index in [0.29, 0.717) is 12.1 Å². The molecule has 0 spiro atoms. The normalized spacial score (nSPS) is 25.2. The van der Waals surface area contributed by atoms with Crippen molar-refractivity contribution in [1.82, 2.24) is 14.9 Å². The number of piperazine rings is 1. The van der Waals surface area contributed by atoms with Crippen molar-refractivity contribution in [3.05, 3.63) is 17.6 Å². The van der Waals surface area contributed by atoms with Crippen molar-refractivity contribution < 1.29 is 4.39 Å². The van der Waals surface area contributed by atoms with Crippen molar-refractivity contribution in [2.24, 2.45) is 5.92 Å². The Bertz CT molecular complexity index is 526. The molecule has 1 aromatic rings. The molecule has 5 heteroatoms. The fourth-order valence-electron chi connectivity index (χ4n) is 3.82. The highest BCUT2D eigenvalue weighted by Gasteiger charge is 2.34. The van der Waals surface area contributed by atoms with Gasteiger partial charge in [-0.2, -0.15) is 0 Å². The Balaban J connectivity index is 1.61. The maximum absolute atomic E-state index is 14.1. The van der Waals surface area contributed by atoms with Crippen LogP contribution in [0.3, 0.4) is 0 Å². The number of hydrogen-bond donors (Lipinski definition) is 0. The Morgan fingerprint density at radius 2 is 1.96 bits per heavy atom. The molecule has 1 saturated heterocycles. The van der Waals surface area contributed by atoms with Gasteiger partial charge in [0.05, 0.1) is 5.69 Å².